The van der Waals surface area contributed by atoms with E-state index >= 15 is 0 Å². The molecule has 0 aromatic heterocycles. The Morgan fingerprint density at radius 2 is 2.17 bits per heavy atom. The molecule has 0 amide bonds. The summed E-state index contributed by atoms with van der Waals surface area (Å²) in [5.41, 5.74) is 2.59. The molecule has 1 heterocycles. The highest BCUT2D eigenvalue weighted by atomic mass is 15.1. The van der Waals surface area contributed by atoms with Crippen LogP contribution in [0.2, 0.25) is 0 Å². The fourth-order valence-corrected chi connectivity index (χ4v) is 1.51. The lowest BCUT2D eigenvalue weighted by Gasteiger charge is -2.31. The van der Waals surface area contributed by atoms with Crippen LogP contribution in [-0.4, -0.2) is 30.2 Å². The fraction of sp³-hybridized carbons (Fsp3) is 0.700. The smallest absolute Gasteiger partial charge is 0.0251 e. The van der Waals surface area contributed by atoms with Crippen LogP contribution in [0.15, 0.2) is 11.1 Å². The van der Waals surface area contributed by atoms with E-state index in [1.165, 1.54) is 17.4 Å². The van der Waals surface area contributed by atoms with Gasteiger partial charge in [-0.1, -0.05) is 5.57 Å². The van der Waals surface area contributed by atoms with Gasteiger partial charge in [0, 0.05) is 25.3 Å². The van der Waals surface area contributed by atoms with Crippen LogP contribution in [0.25, 0.3) is 0 Å². The van der Waals surface area contributed by atoms with E-state index in [4.69, 9.17) is 5.41 Å². The van der Waals surface area contributed by atoms with Gasteiger partial charge in [0.15, 0.2) is 0 Å². The summed E-state index contributed by atoms with van der Waals surface area (Å²) in [6, 6.07) is 0.605. The van der Waals surface area contributed by atoms with Crippen molar-refractivity contribution in [3.05, 3.63) is 11.1 Å². The van der Waals surface area contributed by atoms with Gasteiger partial charge in [-0.25, -0.2) is 0 Å². The summed E-state index contributed by atoms with van der Waals surface area (Å²) in [5, 5.41) is 7.25. The van der Waals surface area contributed by atoms with Gasteiger partial charge in [0.1, 0.15) is 0 Å². The lowest BCUT2D eigenvalue weighted by molar-refractivity contribution is 0.236. The molecule has 12 heavy (non-hydrogen) atoms. The maximum Gasteiger partial charge on any atom is 0.0251 e. The first-order valence-corrected chi connectivity index (χ1v) is 4.58. The van der Waals surface area contributed by atoms with E-state index in [1.54, 1.807) is 0 Å². The van der Waals surface area contributed by atoms with Crippen LogP contribution >= 0.6 is 0 Å². The van der Waals surface area contributed by atoms with Gasteiger partial charge in [-0.2, -0.15) is 0 Å². The molecular formula is C10H18N2. The molecule has 1 aliphatic rings. The second-order valence-electron chi connectivity index (χ2n) is 3.76. The molecule has 0 aliphatic carbocycles. The first kappa shape index (κ1) is 9.46. The van der Waals surface area contributed by atoms with Gasteiger partial charge in [-0.3, -0.25) is 4.90 Å². The number of hydrogen-bond acceptors (Lipinski definition) is 2. The molecule has 2 nitrogen and oxygen atoms in total. The SMILES string of the molecule is CC1=C(C=N)CN(C(C)C)CC1. The third-order valence-corrected chi connectivity index (χ3v) is 2.60. The maximum absolute atomic E-state index is 7.25. The van der Waals surface area contributed by atoms with Gasteiger partial charge < -0.3 is 5.41 Å². The zero-order valence-corrected chi connectivity index (χ0v) is 8.22. The second kappa shape index (κ2) is 3.85. The molecule has 2 heteroatoms. The van der Waals surface area contributed by atoms with Crippen molar-refractivity contribution in [3.8, 4) is 0 Å². The Morgan fingerprint density at radius 3 is 2.67 bits per heavy atom. The molecule has 0 saturated heterocycles. The first-order chi connectivity index (χ1) is 5.65. The van der Waals surface area contributed by atoms with Gasteiger partial charge in [-0.15, -0.1) is 0 Å². The van der Waals surface area contributed by atoms with Crippen LogP contribution in [-0.2, 0) is 0 Å². The quantitative estimate of drug-likeness (QED) is 0.625. The van der Waals surface area contributed by atoms with Gasteiger partial charge in [0.25, 0.3) is 0 Å². The zero-order chi connectivity index (χ0) is 9.14. The Kier molecular flexibility index (Phi) is 3.04. The largest absolute Gasteiger partial charge is 0.308 e. The number of nitrogens with one attached hydrogen (secondary N) is 1. The Balaban J connectivity index is 2.67. The van der Waals surface area contributed by atoms with Gasteiger partial charge in [-0.05, 0) is 32.8 Å². The van der Waals surface area contributed by atoms with Crippen LogP contribution in [0, 0.1) is 5.41 Å². The van der Waals surface area contributed by atoms with Crippen molar-refractivity contribution in [1.82, 2.24) is 4.90 Å². The predicted molar refractivity (Wildman–Crippen MR) is 52.8 cm³/mol. The molecule has 1 rings (SSSR count). The molecule has 0 atom stereocenters. The lowest BCUT2D eigenvalue weighted by atomic mass is 10.0. The highest BCUT2D eigenvalue weighted by Crippen LogP contribution is 2.17. The van der Waals surface area contributed by atoms with Crippen LogP contribution in [0.5, 0.6) is 0 Å². The maximum atomic E-state index is 7.25. The molecule has 0 unspecified atom stereocenters. The molecule has 0 radical (unpaired) electrons. The van der Waals surface area contributed by atoms with Crippen molar-refractivity contribution < 1.29 is 0 Å². The van der Waals surface area contributed by atoms with E-state index in [1.807, 2.05) is 0 Å². The summed E-state index contributed by atoms with van der Waals surface area (Å²) < 4.78 is 0. The normalized spacial score (nSPS) is 20.3. The average molecular weight is 166 g/mol. The van der Waals surface area contributed by atoms with E-state index in [0.717, 1.165) is 19.5 Å². The zero-order valence-electron chi connectivity index (χ0n) is 8.22. The summed E-state index contributed by atoms with van der Waals surface area (Å²) in [6.07, 6.45) is 2.63. The topological polar surface area (TPSA) is 27.1 Å². The van der Waals surface area contributed by atoms with Crippen LogP contribution in [0.4, 0.5) is 0 Å². The van der Waals surface area contributed by atoms with Crippen molar-refractivity contribution in [3.63, 3.8) is 0 Å². The van der Waals surface area contributed by atoms with Crippen molar-refractivity contribution in [2.75, 3.05) is 13.1 Å². The average Bonchev–Trinajstić information content (AvgIpc) is 2.05. The predicted octanol–water partition coefficient (Wildman–Crippen LogP) is 2.07. The van der Waals surface area contributed by atoms with Gasteiger partial charge in [0.2, 0.25) is 0 Å². The van der Waals surface area contributed by atoms with Crippen molar-refractivity contribution >= 4 is 6.21 Å². The molecule has 68 valence electrons. The molecule has 0 aromatic carbocycles. The molecule has 0 spiro atoms. The Hall–Kier alpha value is -0.630. The van der Waals surface area contributed by atoms with Gasteiger partial charge in [0.05, 0.1) is 0 Å². The number of hydrogen-bond donors (Lipinski definition) is 1. The van der Waals surface area contributed by atoms with Crippen molar-refractivity contribution in [1.29, 1.82) is 5.41 Å². The van der Waals surface area contributed by atoms with E-state index in [-0.39, 0.29) is 0 Å². The Morgan fingerprint density at radius 1 is 1.50 bits per heavy atom. The highest BCUT2D eigenvalue weighted by molar-refractivity contribution is 5.77. The summed E-state index contributed by atoms with van der Waals surface area (Å²) in [5.74, 6) is 0. The molecule has 0 bridgehead atoms. The first-order valence-electron chi connectivity index (χ1n) is 4.58. The minimum atomic E-state index is 0.605. The van der Waals surface area contributed by atoms with E-state index in [9.17, 15) is 0 Å². The molecule has 1 aliphatic heterocycles. The summed E-state index contributed by atoms with van der Waals surface area (Å²) in [4.78, 5) is 2.41. The lowest BCUT2D eigenvalue weighted by Crippen LogP contribution is -2.37. The summed E-state index contributed by atoms with van der Waals surface area (Å²) in [7, 11) is 0. The molecule has 0 aromatic rings. The highest BCUT2D eigenvalue weighted by Gasteiger charge is 2.16. The van der Waals surface area contributed by atoms with E-state index < -0.39 is 0 Å². The minimum absolute atomic E-state index is 0.605. The third kappa shape index (κ3) is 1.95. The van der Waals surface area contributed by atoms with E-state index in [2.05, 4.69) is 25.7 Å². The monoisotopic (exact) mass is 166 g/mol. The summed E-state index contributed by atoms with van der Waals surface area (Å²) >= 11 is 0. The number of rotatable bonds is 2. The minimum Gasteiger partial charge on any atom is -0.308 e. The Bertz CT molecular complexity index is 204. The van der Waals surface area contributed by atoms with Crippen molar-refractivity contribution in [2.45, 2.75) is 33.2 Å². The fourth-order valence-electron chi connectivity index (χ4n) is 1.51. The van der Waals surface area contributed by atoms with Crippen LogP contribution in [0.3, 0.4) is 0 Å². The van der Waals surface area contributed by atoms with Crippen molar-refractivity contribution in [2.24, 2.45) is 0 Å². The molecule has 1 N–H and O–H groups in total. The molecule has 0 saturated carbocycles. The van der Waals surface area contributed by atoms with Crippen LogP contribution in [0.1, 0.15) is 27.2 Å². The molecular weight excluding hydrogens is 148 g/mol. The van der Waals surface area contributed by atoms with Gasteiger partial charge >= 0.3 is 0 Å². The Labute approximate surface area is 74.8 Å². The number of nitrogens with zero attached hydrogens (tertiary/aromatic N) is 1. The second-order valence-corrected chi connectivity index (χ2v) is 3.76. The van der Waals surface area contributed by atoms with Crippen LogP contribution < -0.4 is 0 Å². The van der Waals surface area contributed by atoms with E-state index in [0.29, 0.717) is 6.04 Å². The third-order valence-electron chi connectivity index (χ3n) is 2.60. The standard InChI is InChI=1S/C10H18N2/c1-8(2)12-5-4-9(3)10(6-11)7-12/h6,8,11H,4-5,7H2,1-3H3. The summed E-state index contributed by atoms with van der Waals surface area (Å²) in [6.45, 7) is 8.68. The molecule has 0 fully saturated rings.